The van der Waals surface area contributed by atoms with E-state index >= 15 is 0 Å². The van der Waals surface area contributed by atoms with Gasteiger partial charge in [-0.1, -0.05) is 54.4 Å². The highest BCUT2D eigenvalue weighted by Crippen LogP contribution is 2.37. The molecule has 1 saturated carbocycles. The van der Waals surface area contributed by atoms with E-state index in [2.05, 4.69) is 35.8 Å². The quantitative estimate of drug-likeness (QED) is 0.646. The van der Waals surface area contributed by atoms with Gasteiger partial charge in [0, 0.05) is 5.02 Å². The maximum atomic E-state index is 6.37. The van der Waals surface area contributed by atoms with E-state index in [0.29, 0.717) is 0 Å². The summed E-state index contributed by atoms with van der Waals surface area (Å²) in [7, 11) is 0. The van der Waals surface area contributed by atoms with Crippen LogP contribution in [0.5, 0.6) is 0 Å². The Morgan fingerprint density at radius 3 is 2.38 bits per heavy atom. The largest absolute Gasteiger partial charge is 0.271 e. The first kappa shape index (κ1) is 14.6. The Hall–Kier alpha value is -1.35. The van der Waals surface area contributed by atoms with Crippen molar-refractivity contribution in [2.75, 3.05) is 0 Å². The molecule has 0 aliphatic heterocycles. The summed E-state index contributed by atoms with van der Waals surface area (Å²) in [5.41, 5.74) is 7.64. The van der Waals surface area contributed by atoms with Crippen LogP contribution in [0.3, 0.4) is 0 Å². The van der Waals surface area contributed by atoms with E-state index in [1.165, 1.54) is 24.8 Å². The summed E-state index contributed by atoms with van der Waals surface area (Å²) < 4.78 is 0. The minimum Gasteiger partial charge on any atom is -0.271 e. The second-order valence-electron chi connectivity index (χ2n) is 5.92. The molecule has 21 heavy (non-hydrogen) atoms. The molecular formula is C18H21ClN2. The highest BCUT2D eigenvalue weighted by molar-refractivity contribution is 6.31. The molecule has 1 fully saturated rings. The molecule has 0 saturated heterocycles. The van der Waals surface area contributed by atoms with Crippen LogP contribution in [0.25, 0.3) is 0 Å². The van der Waals surface area contributed by atoms with E-state index in [4.69, 9.17) is 17.4 Å². The molecule has 2 aromatic rings. The number of hydrogen-bond acceptors (Lipinski definition) is 2. The molecule has 1 atom stereocenters. The minimum atomic E-state index is -0.0754. The van der Waals surface area contributed by atoms with Gasteiger partial charge >= 0.3 is 0 Å². The second kappa shape index (κ2) is 6.18. The van der Waals surface area contributed by atoms with Gasteiger partial charge < -0.3 is 0 Å². The summed E-state index contributed by atoms with van der Waals surface area (Å²) in [6.07, 6.45) is 4.00. The molecular weight excluding hydrogens is 280 g/mol. The summed E-state index contributed by atoms with van der Waals surface area (Å²) in [5, 5.41) is 0.751. The number of halogens is 1. The van der Waals surface area contributed by atoms with Gasteiger partial charge in [0.2, 0.25) is 0 Å². The summed E-state index contributed by atoms with van der Waals surface area (Å²) in [4.78, 5) is 0. The van der Waals surface area contributed by atoms with Gasteiger partial charge in [-0.25, -0.2) is 5.43 Å². The predicted octanol–water partition coefficient (Wildman–Crippen LogP) is 4.47. The molecule has 0 spiro atoms. The van der Waals surface area contributed by atoms with Gasteiger partial charge in [-0.15, -0.1) is 0 Å². The molecule has 2 aromatic carbocycles. The zero-order valence-corrected chi connectivity index (χ0v) is 13.0. The molecule has 3 heteroatoms. The number of rotatable bonds is 4. The van der Waals surface area contributed by atoms with Crippen LogP contribution in [0.4, 0.5) is 0 Å². The third-order valence-electron chi connectivity index (χ3n) is 4.48. The molecule has 3 rings (SSSR count). The lowest BCUT2D eigenvalue weighted by Gasteiger charge is -2.26. The molecule has 0 amide bonds. The second-order valence-corrected chi connectivity index (χ2v) is 6.33. The van der Waals surface area contributed by atoms with Crippen molar-refractivity contribution in [3.05, 3.63) is 69.7 Å². The van der Waals surface area contributed by atoms with Gasteiger partial charge in [0.25, 0.3) is 0 Å². The van der Waals surface area contributed by atoms with Gasteiger partial charge in [0.15, 0.2) is 0 Å². The van der Waals surface area contributed by atoms with Crippen molar-refractivity contribution < 1.29 is 0 Å². The fraction of sp³-hybridized carbons (Fsp3) is 0.333. The Morgan fingerprint density at radius 2 is 1.86 bits per heavy atom. The Labute approximate surface area is 131 Å². The Bertz CT molecular complexity index is 618. The molecule has 0 heterocycles. The predicted molar refractivity (Wildman–Crippen MR) is 88.4 cm³/mol. The van der Waals surface area contributed by atoms with Crippen LogP contribution < -0.4 is 11.3 Å². The smallest absolute Gasteiger partial charge is 0.0724 e. The van der Waals surface area contributed by atoms with Crippen LogP contribution in [0.2, 0.25) is 5.02 Å². The molecule has 1 aliphatic rings. The molecule has 110 valence electrons. The molecule has 1 unspecified atom stereocenters. The van der Waals surface area contributed by atoms with E-state index in [9.17, 15) is 0 Å². The zero-order chi connectivity index (χ0) is 14.8. The van der Waals surface area contributed by atoms with Crippen molar-refractivity contribution in [3.8, 4) is 0 Å². The third-order valence-corrected chi connectivity index (χ3v) is 4.81. The van der Waals surface area contributed by atoms with Crippen LogP contribution in [0, 0.1) is 6.92 Å². The number of aryl methyl sites for hydroxylation is 1. The number of nitrogens with one attached hydrogen (secondary N) is 1. The summed E-state index contributed by atoms with van der Waals surface area (Å²) in [6, 6.07) is 14.8. The normalized spacial score (nSPS) is 16.5. The summed E-state index contributed by atoms with van der Waals surface area (Å²) in [5.74, 6) is 6.53. The molecule has 0 radical (unpaired) electrons. The van der Waals surface area contributed by atoms with Crippen LogP contribution >= 0.6 is 11.6 Å². The number of hydrazine groups is 1. The molecule has 2 nitrogen and oxygen atoms in total. The van der Waals surface area contributed by atoms with Crippen LogP contribution in [-0.2, 0) is 0 Å². The summed E-state index contributed by atoms with van der Waals surface area (Å²) in [6.45, 7) is 2.04. The number of hydrogen-bond donors (Lipinski definition) is 2. The average Bonchev–Trinajstić information content (AvgIpc) is 2.42. The maximum Gasteiger partial charge on any atom is 0.0724 e. The van der Waals surface area contributed by atoms with Gasteiger partial charge in [-0.3, -0.25) is 5.84 Å². The highest BCUT2D eigenvalue weighted by atomic mass is 35.5. The number of nitrogens with two attached hydrogens (primary N) is 1. The fourth-order valence-electron chi connectivity index (χ4n) is 2.93. The minimum absolute atomic E-state index is 0.0754. The Kier molecular flexibility index (Phi) is 4.29. The van der Waals surface area contributed by atoms with E-state index in [-0.39, 0.29) is 6.04 Å². The molecule has 0 aromatic heterocycles. The van der Waals surface area contributed by atoms with Crippen molar-refractivity contribution in [2.24, 2.45) is 5.84 Å². The van der Waals surface area contributed by atoms with Crippen molar-refractivity contribution >= 4 is 11.6 Å². The molecule has 3 N–H and O–H groups in total. The van der Waals surface area contributed by atoms with Gasteiger partial charge in [-0.2, -0.15) is 0 Å². The van der Waals surface area contributed by atoms with Gasteiger partial charge in [0.1, 0.15) is 0 Å². The van der Waals surface area contributed by atoms with E-state index in [1.54, 1.807) is 0 Å². The highest BCUT2D eigenvalue weighted by Gasteiger charge is 2.20. The average molecular weight is 301 g/mol. The Balaban J connectivity index is 1.88. The molecule has 1 aliphatic carbocycles. The first-order valence-corrected chi connectivity index (χ1v) is 7.89. The van der Waals surface area contributed by atoms with E-state index < -0.39 is 0 Å². The van der Waals surface area contributed by atoms with Crippen molar-refractivity contribution in [2.45, 2.75) is 38.1 Å². The Morgan fingerprint density at radius 1 is 1.14 bits per heavy atom. The standard InChI is InChI=1S/C18H21ClN2/c1-12-5-10-16(17(19)11-12)18(21-20)15-8-6-14(7-9-15)13-3-2-4-13/h5-11,13,18,21H,2-4,20H2,1H3. The lowest BCUT2D eigenvalue weighted by atomic mass is 9.79. The third kappa shape index (κ3) is 2.98. The van der Waals surface area contributed by atoms with E-state index in [0.717, 1.165) is 27.6 Å². The monoisotopic (exact) mass is 300 g/mol. The van der Waals surface area contributed by atoms with Gasteiger partial charge in [-0.05, 0) is 54.0 Å². The first-order valence-electron chi connectivity index (χ1n) is 7.51. The van der Waals surface area contributed by atoms with Crippen molar-refractivity contribution in [3.63, 3.8) is 0 Å². The van der Waals surface area contributed by atoms with Crippen LogP contribution in [0.1, 0.15) is 53.5 Å². The van der Waals surface area contributed by atoms with Gasteiger partial charge in [0.05, 0.1) is 6.04 Å². The maximum absolute atomic E-state index is 6.37. The van der Waals surface area contributed by atoms with Crippen molar-refractivity contribution in [1.29, 1.82) is 0 Å². The molecule has 0 bridgehead atoms. The lowest BCUT2D eigenvalue weighted by Crippen LogP contribution is -2.29. The topological polar surface area (TPSA) is 38.0 Å². The van der Waals surface area contributed by atoms with Crippen LogP contribution in [-0.4, -0.2) is 0 Å². The fourth-order valence-corrected chi connectivity index (χ4v) is 3.28. The van der Waals surface area contributed by atoms with E-state index in [1.807, 2.05) is 19.1 Å². The lowest BCUT2D eigenvalue weighted by molar-refractivity contribution is 0.419. The van der Waals surface area contributed by atoms with Crippen LogP contribution in [0.15, 0.2) is 42.5 Å². The SMILES string of the molecule is Cc1ccc(C(NN)c2ccc(C3CCC3)cc2)c(Cl)c1. The zero-order valence-electron chi connectivity index (χ0n) is 12.3. The number of benzene rings is 2. The first-order chi connectivity index (χ1) is 10.2. The van der Waals surface area contributed by atoms with Crippen molar-refractivity contribution in [1.82, 2.24) is 5.43 Å². The summed E-state index contributed by atoms with van der Waals surface area (Å²) >= 11 is 6.37.